The first-order valence-electron chi connectivity index (χ1n) is 10.5. The molecule has 172 valence electrons. The van der Waals surface area contributed by atoms with Crippen molar-refractivity contribution in [1.82, 2.24) is 4.90 Å². The number of fused-ring (bicyclic) bond motifs is 2. The summed E-state index contributed by atoms with van der Waals surface area (Å²) < 4.78 is 20.4. The smallest absolute Gasteiger partial charge is 0.264 e. The minimum absolute atomic E-state index is 0.0775. The van der Waals surface area contributed by atoms with E-state index in [1.165, 1.54) is 36.5 Å². The van der Waals surface area contributed by atoms with E-state index in [0.717, 1.165) is 0 Å². The average molecular weight is 470 g/mol. The zero-order valence-electron chi connectivity index (χ0n) is 18.6. The zero-order valence-corrected chi connectivity index (χ0v) is 19.4. The van der Waals surface area contributed by atoms with Crippen LogP contribution in [0.15, 0.2) is 42.5 Å². The number of carbonyl (C=O) groups excluding carboxylic acids is 3. The quantitative estimate of drug-likeness (QED) is 0.612. The lowest BCUT2D eigenvalue weighted by Crippen LogP contribution is -2.45. The first-order chi connectivity index (χ1) is 15.8. The maximum Gasteiger partial charge on any atom is 0.264 e. The molecule has 0 saturated heterocycles. The van der Waals surface area contributed by atoms with Crippen molar-refractivity contribution in [2.75, 3.05) is 30.9 Å². The van der Waals surface area contributed by atoms with Crippen LogP contribution in [-0.4, -0.2) is 49.4 Å². The number of rotatable bonds is 5. The topological polar surface area (TPSA) is 79.0 Å². The highest BCUT2D eigenvalue weighted by Gasteiger charge is 2.31. The molecule has 1 aliphatic heterocycles. The largest absolute Gasteiger partial charge is 0.380 e. The number of hydrogen-bond donors (Lipinski definition) is 1. The Balaban J connectivity index is 1.62. The molecule has 1 aromatic heterocycles. The molecule has 0 radical (unpaired) electrons. The highest BCUT2D eigenvalue weighted by molar-refractivity contribution is 7.21. The molecule has 0 fully saturated rings. The number of para-hydroxylation sites is 2. The van der Waals surface area contributed by atoms with Gasteiger partial charge in [-0.05, 0) is 31.2 Å². The number of halogens is 1. The van der Waals surface area contributed by atoms with E-state index in [0.29, 0.717) is 31.9 Å². The second-order valence-corrected chi connectivity index (χ2v) is 9.05. The van der Waals surface area contributed by atoms with Crippen molar-refractivity contribution in [3.63, 3.8) is 0 Å². The molecule has 0 bridgehead atoms. The van der Waals surface area contributed by atoms with Crippen molar-refractivity contribution >= 4 is 50.5 Å². The monoisotopic (exact) mass is 469 g/mol. The van der Waals surface area contributed by atoms with Gasteiger partial charge in [0.15, 0.2) is 0 Å². The SMILES string of the molecule is COCc1c(C(=O)N(C)CC(=O)N2c3ccccc3NC(=O)C[C@H]2C)sc2cccc(F)c12. The van der Waals surface area contributed by atoms with Gasteiger partial charge in [0.2, 0.25) is 11.8 Å². The Kier molecular flexibility index (Phi) is 6.44. The Hall–Kier alpha value is -3.30. The van der Waals surface area contributed by atoms with Gasteiger partial charge >= 0.3 is 0 Å². The number of thiophene rings is 1. The number of likely N-dealkylation sites (N-methyl/N-ethyl adjacent to an activating group) is 1. The Morgan fingerprint density at radius 3 is 2.76 bits per heavy atom. The van der Waals surface area contributed by atoms with Crippen LogP contribution in [0.5, 0.6) is 0 Å². The zero-order chi connectivity index (χ0) is 23.7. The number of anilines is 2. The summed E-state index contributed by atoms with van der Waals surface area (Å²) in [7, 11) is 3.02. The Bertz CT molecular complexity index is 1240. The van der Waals surface area contributed by atoms with Crippen LogP contribution in [0.1, 0.15) is 28.6 Å². The molecule has 1 aliphatic rings. The van der Waals surface area contributed by atoms with Crippen LogP contribution < -0.4 is 10.2 Å². The van der Waals surface area contributed by atoms with Crippen molar-refractivity contribution < 1.29 is 23.5 Å². The lowest BCUT2D eigenvalue weighted by molar-refractivity contribution is -0.119. The van der Waals surface area contributed by atoms with Crippen molar-refractivity contribution in [3.05, 3.63) is 58.7 Å². The molecule has 2 heterocycles. The molecule has 7 nitrogen and oxygen atoms in total. The number of amides is 3. The molecular formula is C24H24FN3O4S. The Labute approximate surface area is 194 Å². The van der Waals surface area contributed by atoms with Gasteiger partial charge in [-0.25, -0.2) is 4.39 Å². The van der Waals surface area contributed by atoms with E-state index in [-0.39, 0.29) is 43.3 Å². The van der Waals surface area contributed by atoms with E-state index in [1.54, 1.807) is 48.2 Å². The molecule has 9 heteroatoms. The second-order valence-electron chi connectivity index (χ2n) is 8.00. The molecule has 0 saturated carbocycles. The molecule has 3 aromatic rings. The predicted octanol–water partition coefficient (Wildman–Crippen LogP) is 4.02. The standard InChI is InChI=1S/C24H24FN3O4S/c1-14-11-20(29)26-17-8-4-5-9-18(17)28(14)21(30)12-27(2)24(31)23-15(13-32-3)22-16(25)7-6-10-19(22)33-23/h4-10,14H,11-13H2,1-3H3,(H,26,29)/t14-/m1/s1. The van der Waals surface area contributed by atoms with Gasteiger partial charge in [0.25, 0.3) is 5.91 Å². The number of carbonyl (C=O) groups is 3. The van der Waals surface area contributed by atoms with Crippen LogP contribution in [0.4, 0.5) is 15.8 Å². The fourth-order valence-electron chi connectivity index (χ4n) is 4.11. The summed E-state index contributed by atoms with van der Waals surface area (Å²) in [4.78, 5) is 42.0. The van der Waals surface area contributed by atoms with Gasteiger partial charge in [-0.2, -0.15) is 0 Å². The normalized spacial score (nSPS) is 15.7. The van der Waals surface area contributed by atoms with Gasteiger partial charge in [-0.15, -0.1) is 11.3 Å². The Morgan fingerprint density at radius 2 is 2.00 bits per heavy atom. The van der Waals surface area contributed by atoms with Crippen LogP contribution in [0.2, 0.25) is 0 Å². The van der Waals surface area contributed by atoms with Crippen molar-refractivity contribution in [2.24, 2.45) is 0 Å². The summed E-state index contributed by atoms with van der Waals surface area (Å²) >= 11 is 1.18. The molecule has 33 heavy (non-hydrogen) atoms. The van der Waals surface area contributed by atoms with E-state index < -0.39 is 5.82 Å². The average Bonchev–Trinajstić information content (AvgIpc) is 3.07. The molecule has 3 amide bonds. The van der Waals surface area contributed by atoms with E-state index in [2.05, 4.69) is 5.32 Å². The minimum Gasteiger partial charge on any atom is -0.380 e. The highest BCUT2D eigenvalue weighted by atomic mass is 32.1. The first kappa shape index (κ1) is 22.9. The third-order valence-electron chi connectivity index (χ3n) is 5.59. The fraction of sp³-hybridized carbons (Fsp3) is 0.292. The first-order valence-corrected chi connectivity index (χ1v) is 11.3. The summed E-state index contributed by atoms with van der Waals surface area (Å²) in [6.07, 6.45) is 0.145. The lowest BCUT2D eigenvalue weighted by atomic mass is 10.1. The molecule has 4 rings (SSSR count). The molecule has 1 atom stereocenters. The van der Waals surface area contributed by atoms with E-state index in [1.807, 2.05) is 0 Å². The number of nitrogens with zero attached hydrogens (tertiary/aromatic N) is 2. The van der Waals surface area contributed by atoms with E-state index >= 15 is 0 Å². The lowest BCUT2D eigenvalue weighted by Gasteiger charge is -2.29. The van der Waals surface area contributed by atoms with Crippen LogP contribution in [-0.2, 0) is 20.9 Å². The number of benzene rings is 2. The maximum atomic E-state index is 14.5. The summed E-state index contributed by atoms with van der Waals surface area (Å²) in [5.74, 6) is -1.30. The molecular weight excluding hydrogens is 445 g/mol. The van der Waals surface area contributed by atoms with Crippen molar-refractivity contribution in [1.29, 1.82) is 0 Å². The van der Waals surface area contributed by atoms with Crippen LogP contribution in [0.25, 0.3) is 10.1 Å². The van der Waals surface area contributed by atoms with Crippen LogP contribution in [0.3, 0.4) is 0 Å². The summed E-state index contributed by atoms with van der Waals surface area (Å²) in [5.41, 5.74) is 1.62. The number of methoxy groups -OCH3 is 1. The maximum absolute atomic E-state index is 14.5. The summed E-state index contributed by atoms with van der Waals surface area (Å²) in [6, 6.07) is 11.4. The summed E-state index contributed by atoms with van der Waals surface area (Å²) in [6.45, 7) is 1.68. The number of nitrogens with one attached hydrogen (secondary N) is 1. The predicted molar refractivity (Wildman–Crippen MR) is 126 cm³/mol. The van der Waals surface area contributed by atoms with Gasteiger partial charge in [0, 0.05) is 42.3 Å². The molecule has 2 aromatic carbocycles. The number of hydrogen-bond acceptors (Lipinski definition) is 5. The van der Waals surface area contributed by atoms with Crippen molar-refractivity contribution in [3.8, 4) is 0 Å². The Morgan fingerprint density at radius 1 is 1.24 bits per heavy atom. The molecule has 0 unspecified atom stereocenters. The van der Waals surface area contributed by atoms with Gasteiger partial charge in [-0.3, -0.25) is 14.4 Å². The van der Waals surface area contributed by atoms with Gasteiger partial charge in [0.1, 0.15) is 12.4 Å². The second kappa shape index (κ2) is 9.29. The molecule has 0 spiro atoms. The van der Waals surface area contributed by atoms with Gasteiger partial charge in [-0.1, -0.05) is 18.2 Å². The van der Waals surface area contributed by atoms with Crippen LogP contribution >= 0.6 is 11.3 Å². The highest BCUT2D eigenvalue weighted by Crippen LogP contribution is 2.35. The minimum atomic E-state index is -0.416. The third kappa shape index (κ3) is 4.34. The van der Waals surface area contributed by atoms with Crippen molar-refractivity contribution in [2.45, 2.75) is 26.0 Å². The summed E-state index contributed by atoms with van der Waals surface area (Å²) in [5, 5.41) is 3.19. The third-order valence-corrected chi connectivity index (χ3v) is 6.78. The van der Waals surface area contributed by atoms with E-state index in [9.17, 15) is 18.8 Å². The fourth-order valence-corrected chi connectivity index (χ4v) is 5.33. The number of ether oxygens (including phenoxy) is 1. The van der Waals surface area contributed by atoms with E-state index in [4.69, 9.17) is 4.74 Å². The van der Waals surface area contributed by atoms with Gasteiger partial charge < -0.3 is 19.9 Å². The van der Waals surface area contributed by atoms with Crippen LogP contribution in [0, 0.1) is 5.82 Å². The molecule has 0 aliphatic carbocycles. The van der Waals surface area contributed by atoms with Gasteiger partial charge in [0.05, 0.1) is 22.9 Å². The molecule has 1 N–H and O–H groups in total.